The van der Waals surface area contributed by atoms with Crippen LogP contribution in [0.4, 0.5) is 4.39 Å². The van der Waals surface area contributed by atoms with Crippen LogP contribution in [0.1, 0.15) is 25.5 Å². The molecule has 1 fully saturated rings. The molecule has 1 saturated heterocycles. The Balaban J connectivity index is 1.81. The van der Waals surface area contributed by atoms with E-state index in [1.807, 2.05) is 13.8 Å². The Morgan fingerprint density at radius 2 is 1.90 bits per heavy atom. The fraction of sp³-hybridized carbons (Fsp3) is 0.400. The zero-order valence-electron chi connectivity index (χ0n) is 16.3. The van der Waals surface area contributed by atoms with Gasteiger partial charge in [0.1, 0.15) is 17.9 Å². The van der Waals surface area contributed by atoms with E-state index in [4.69, 9.17) is 4.74 Å². The SMILES string of the molecule is CC(C)c1nn(CC(=O)N2CCOCC2)c(=O)c2c1cnn2-c1ccc(F)cc1. The summed E-state index contributed by atoms with van der Waals surface area (Å²) in [6, 6.07) is 5.74. The van der Waals surface area contributed by atoms with Gasteiger partial charge in [-0.25, -0.2) is 13.8 Å². The van der Waals surface area contributed by atoms with E-state index in [2.05, 4.69) is 10.2 Å². The lowest BCUT2D eigenvalue weighted by Gasteiger charge is -2.27. The molecular formula is C20H22FN5O3. The van der Waals surface area contributed by atoms with Crippen molar-refractivity contribution in [2.24, 2.45) is 0 Å². The maximum Gasteiger partial charge on any atom is 0.293 e. The van der Waals surface area contributed by atoms with Gasteiger partial charge in [0.2, 0.25) is 5.91 Å². The highest BCUT2D eigenvalue weighted by atomic mass is 19.1. The zero-order valence-corrected chi connectivity index (χ0v) is 16.3. The van der Waals surface area contributed by atoms with Gasteiger partial charge in [-0.1, -0.05) is 13.8 Å². The quantitative estimate of drug-likeness (QED) is 0.667. The Morgan fingerprint density at radius 1 is 1.21 bits per heavy atom. The van der Waals surface area contributed by atoms with Crippen LogP contribution in [0.5, 0.6) is 0 Å². The second-order valence-electron chi connectivity index (χ2n) is 7.29. The number of ether oxygens (including phenoxy) is 1. The second-order valence-corrected chi connectivity index (χ2v) is 7.29. The molecule has 0 saturated carbocycles. The van der Waals surface area contributed by atoms with Crippen molar-refractivity contribution in [3.8, 4) is 5.69 Å². The largest absolute Gasteiger partial charge is 0.378 e. The summed E-state index contributed by atoms with van der Waals surface area (Å²) in [4.78, 5) is 27.6. The number of hydrogen-bond donors (Lipinski definition) is 0. The van der Waals surface area contributed by atoms with Crippen LogP contribution in [0.25, 0.3) is 16.6 Å². The maximum atomic E-state index is 13.3. The van der Waals surface area contributed by atoms with Crippen molar-refractivity contribution in [1.29, 1.82) is 0 Å². The van der Waals surface area contributed by atoms with E-state index in [0.717, 1.165) is 0 Å². The first-order chi connectivity index (χ1) is 14.0. The third-order valence-electron chi connectivity index (χ3n) is 4.98. The highest BCUT2D eigenvalue weighted by Gasteiger charge is 2.22. The molecule has 0 spiro atoms. The highest BCUT2D eigenvalue weighted by molar-refractivity contribution is 5.82. The molecule has 3 aromatic rings. The lowest BCUT2D eigenvalue weighted by Crippen LogP contribution is -2.44. The van der Waals surface area contributed by atoms with E-state index < -0.39 is 5.56 Å². The van der Waals surface area contributed by atoms with Gasteiger partial charge >= 0.3 is 0 Å². The number of halogens is 1. The van der Waals surface area contributed by atoms with Crippen LogP contribution >= 0.6 is 0 Å². The molecular weight excluding hydrogens is 377 g/mol. The molecule has 0 atom stereocenters. The number of aromatic nitrogens is 4. The van der Waals surface area contributed by atoms with Crippen LogP contribution in [-0.2, 0) is 16.1 Å². The molecule has 2 aromatic heterocycles. The molecule has 3 heterocycles. The van der Waals surface area contributed by atoms with Crippen LogP contribution in [-0.4, -0.2) is 56.7 Å². The van der Waals surface area contributed by atoms with Crippen molar-refractivity contribution in [3.63, 3.8) is 0 Å². The number of nitrogens with zero attached hydrogens (tertiary/aromatic N) is 5. The fourth-order valence-corrected chi connectivity index (χ4v) is 3.45. The van der Waals surface area contributed by atoms with Gasteiger partial charge in [-0.05, 0) is 30.2 Å². The Hall–Kier alpha value is -3.07. The number of benzene rings is 1. The molecule has 0 unspecified atom stereocenters. The van der Waals surface area contributed by atoms with Gasteiger partial charge in [0, 0.05) is 18.5 Å². The molecule has 1 aromatic carbocycles. The third-order valence-corrected chi connectivity index (χ3v) is 4.98. The number of carbonyl (C=O) groups is 1. The summed E-state index contributed by atoms with van der Waals surface area (Å²) in [5, 5.41) is 9.44. The Kier molecular flexibility index (Phi) is 5.14. The Morgan fingerprint density at radius 3 is 2.55 bits per heavy atom. The van der Waals surface area contributed by atoms with Crippen molar-refractivity contribution < 1.29 is 13.9 Å². The number of fused-ring (bicyclic) bond motifs is 1. The van der Waals surface area contributed by atoms with Crippen LogP contribution in [0, 0.1) is 5.82 Å². The summed E-state index contributed by atoms with van der Waals surface area (Å²) in [7, 11) is 0. The number of rotatable bonds is 4. The van der Waals surface area contributed by atoms with Gasteiger partial charge in [-0.3, -0.25) is 9.59 Å². The van der Waals surface area contributed by atoms with Crippen LogP contribution in [0.15, 0.2) is 35.3 Å². The van der Waals surface area contributed by atoms with Gasteiger partial charge in [0.25, 0.3) is 5.56 Å². The molecule has 9 heteroatoms. The number of amides is 1. The van der Waals surface area contributed by atoms with Crippen LogP contribution in [0.3, 0.4) is 0 Å². The van der Waals surface area contributed by atoms with Crippen molar-refractivity contribution >= 4 is 16.8 Å². The lowest BCUT2D eigenvalue weighted by molar-refractivity contribution is -0.136. The number of hydrogen-bond acceptors (Lipinski definition) is 5. The summed E-state index contributed by atoms with van der Waals surface area (Å²) >= 11 is 0. The van der Waals surface area contributed by atoms with Gasteiger partial charge in [0.05, 0.1) is 30.8 Å². The average molecular weight is 399 g/mol. The molecule has 152 valence electrons. The van der Waals surface area contributed by atoms with E-state index in [0.29, 0.717) is 48.6 Å². The number of carbonyl (C=O) groups excluding carboxylic acids is 1. The Bertz CT molecular complexity index is 1100. The summed E-state index contributed by atoms with van der Waals surface area (Å²) in [5.74, 6) is -0.526. The summed E-state index contributed by atoms with van der Waals surface area (Å²) in [6.07, 6.45) is 1.59. The molecule has 1 aliphatic rings. The first-order valence-electron chi connectivity index (χ1n) is 9.56. The van der Waals surface area contributed by atoms with Crippen LogP contribution < -0.4 is 5.56 Å². The molecule has 1 amide bonds. The molecule has 4 rings (SSSR count). The van der Waals surface area contributed by atoms with Crippen molar-refractivity contribution in [1.82, 2.24) is 24.5 Å². The standard InChI is InChI=1S/C20H22FN5O3/c1-13(2)18-16-11-22-26(15-5-3-14(21)4-6-15)19(16)20(28)25(23-18)12-17(27)24-7-9-29-10-8-24/h3-6,11,13H,7-10,12H2,1-2H3. The fourth-order valence-electron chi connectivity index (χ4n) is 3.45. The minimum Gasteiger partial charge on any atom is -0.378 e. The van der Waals surface area contributed by atoms with Crippen LogP contribution in [0.2, 0.25) is 0 Å². The molecule has 0 radical (unpaired) electrons. The second kappa shape index (κ2) is 7.75. The summed E-state index contributed by atoms with van der Waals surface area (Å²) in [5.41, 5.74) is 1.16. The first-order valence-corrected chi connectivity index (χ1v) is 9.56. The average Bonchev–Trinajstić information content (AvgIpc) is 3.16. The lowest BCUT2D eigenvalue weighted by atomic mass is 10.1. The van der Waals surface area contributed by atoms with E-state index in [-0.39, 0.29) is 24.2 Å². The zero-order chi connectivity index (χ0) is 20.5. The van der Waals surface area contributed by atoms with E-state index >= 15 is 0 Å². The Labute approximate surface area is 166 Å². The molecule has 0 aliphatic carbocycles. The van der Waals surface area contributed by atoms with Crippen molar-refractivity contribution in [2.45, 2.75) is 26.3 Å². The predicted molar refractivity (Wildman–Crippen MR) is 105 cm³/mol. The topological polar surface area (TPSA) is 82.2 Å². The molecule has 0 bridgehead atoms. The maximum absolute atomic E-state index is 13.3. The third kappa shape index (κ3) is 3.65. The number of morpholine rings is 1. The van der Waals surface area contributed by atoms with E-state index in [1.54, 1.807) is 23.2 Å². The normalized spacial score (nSPS) is 14.7. The molecule has 8 nitrogen and oxygen atoms in total. The van der Waals surface area contributed by atoms with Gasteiger partial charge < -0.3 is 9.64 Å². The highest BCUT2D eigenvalue weighted by Crippen LogP contribution is 2.23. The van der Waals surface area contributed by atoms with Gasteiger partial charge in [-0.2, -0.15) is 10.2 Å². The van der Waals surface area contributed by atoms with Gasteiger partial charge in [-0.15, -0.1) is 0 Å². The smallest absolute Gasteiger partial charge is 0.293 e. The van der Waals surface area contributed by atoms with E-state index in [9.17, 15) is 14.0 Å². The molecule has 1 aliphatic heterocycles. The predicted octanol–water partition coefficient (Wildman–Crippen LogP) is 1.70. The minimum absolute atomic E-state index is 0.0220. The van der Waals surface area contributed by atoms with Gasteiger partial charge in [0.15, 0.2) is 0 Å². The summed E-state index contributed by atoms with van der Waals surface area (Å²) < 4.78 is 21.3. The minimum atomic E-state index is -0.409. The monoisotopic (exact) mass is 399 g/mol. The molecule has 29 heavy (non-hydrogen) atoms. The molecule has 0 N–H and O–H groups in total. The first kappa shape index (κ1) is 19.3. The van der Waals surface area contributed by atoms with Crippen molar-refractivity contribution in [3.05, 3.63) is 52.3 Å². The van der Waals surface area contributed by atoms with E-state index in [1.165, 1.54) is 21.5 Å². The van der Waals surface area contributed by atoms with Crippen molar-refractivity contribution in [2.75, 3.05) is 26.3 Å². The summed E-state index contributed by atoms with van der Waals surface area (Å²) in [6.45, 7) is 5.76.